The molecular weight excluding hydrogens is 537 g/mol. The predicted molar refractivity (Wildman–Crippen MR) is 158 cm³/mol. The third-order valence-electron chi connectivity index (χ3n) is 6.78. The van der Waals surface area contributed by atoms with Gasteiger partial charge in [0.1, 0.15) is 21.6 Å². The summed E-state index contributed by atoms with van der Waals surface area (Å²) in [6, 6.07) is 10.2. The fourth-order valence-corrected chi connectivity index (χ4v) is 6.03. The Balaban J connectivity index is 1.46. The Hall–Kier alpha value is -3.28. The van der Waals surface area contributed by atoms with Crippen molar-refractivity contribution in [2.24, 2.45) is 0 Å². The summed E-state index contributed by atoms with van der Waals surface area (Å²) >= 11 is 6.70. The van der Waals surface area contributed by atoms with Gasteiger partial charge in [-0.15, -0.1) is 0 Å². The van der Waals surface area contributed by atoms with Crippen molar-refractivity contribution in [2.75, 3.05) is 55.7 Å². The zero-order valence-corrected chi connectivity index (χ0v) is 23.6. The summed E-state index contributed by atoms with van der Waals surface area (Å²) < 4.78 is 20.8. The van der Waals surface area contributed by atoms with E-state index in [2.05, 4.69) is 9.80 Å². The maximum atomic E-state index is 13.8. The normalized spacial score (nSPS) is 17.2. The number of benzene rings is 1. The average molecular weight is 568 g/mol. The van der Waals surface area contributed by atoms with Gasteiger partial charge in [0, 0.05) is 57.8 Å². The van der Waals surface area contributed by atoms with E-state index >= 15 is 0 Å². The van der Waals surface area contributed by atoms with Gasteiger partial charge in [-0.05, 0) is 62.2 Å². The number of fused-ring (bicyclic) bond motifs is 1. The highest BCUT2D eigenvalue weighted by Crippen LogP contribution is 2.34. The number of anilines is 2. The molecular formula is C28H30FN5O3S2. The van der Waals surface area contributed by atoms with Crippen LogP contribution in [-0.2, 0) is 9.53 Å². The number of ether oxygens (including phenoxy) is 1. The van der Waals surface area contributed by atoms with E-state index in [1.165, 1.54) is 28.3 Å². The van der Waals surface area contributed by atoms with Gasteiger partial charge in [0.2, 0.25) is 0 Å². The first-order chi connectivity index (χ1) is 18.9. The van der Waals surface area contributed by atoms with Crippen molar-refractivity contribution < 1.29 is 13.9 Å². The minimum Gasteiger partial charge on any atom is -0.382 e. The average Bonchev–Trinajstić information content (AvgIpc) is 3.20. The summed E-state index contributed by atoms with van der Waals surface area (Å²) in [5.74, 6) is 0.0735. The molecule has 11 heteroatoms. The van der Waals surface area contributed by atoms with Crippen molar-refractivity contribution in [1.82, 2.24) is 14.3 Å². The van der Waals surface area contributed by atoms with E-state index in [-0.39, 0.29) is 17.3 Å². The predicted octanol–water partition coefficient (Wildman–Crippen LogP) is 4.10. The Kier molecular flexibility index (Phi) is 8.29. The molecule has 0 spiro atoms. The molecule has 2 aromatic heterocycles. The van der Waals surface area contributed by atoms with Gasteiger partial charge < -0.3 is 14.5 Å². The van der Waals surface area contributed by atoms with Crippen molar-refractivity contribution in [3.05, 3.63) is 74.8 Å². The number of thiocarbonyl (C=S) groups is 1. The van der Waals surface area contributed by atoms with Crippen LogP contribution in [0.2, 0.25) is 0 Å². The van der Waals surface area contributed by atoms with Crippen molar-refractivity contribution in [2.45, 2.75) is 20.3 Å². The van der Waals surface area contributed by atoms with Crippen LogP contribution in [0.4, 0.5) is 15.9 Å². The number of hydrogen-bond donors (Lipinski definition) is 0. The number of piperazine rings is 1. The lowest BCUT2D eigenvalue weighted by Gasteiger charge is -2.37. The molecule has 2 fully saturated rings. The molecule has 1 amide bonds. The van der Waals surface area contributed by atoms with Crippen molar-refractivity contribution in [1.29, 1.82) is 0 Å². The number of halogens is 1. The Morgan fingerprint density at radius 2 is 1.79 bits per heavy atom. The Morgan fingerprint density at radius 1 is 1.08 bits per heavy atom. The van der Waals surface area contributed by atoms with Crippen LogP contribution in [0.3, 0.4) is 0 Å². The lowest BCUT2D eigenvalue weighted by Crippen LogP contribution is -2.47. The monoisotopic (exact) mass is 567 g/mol. The highest BCUT2D eigenvalue weighted by atomic mass is 32.2. The second kappa shape index (κ2) is 11.8. The molecule has 8 nitrogen and oxygen atoms in total. The molecule has 5 rings (SSSR count). The summed E-state index contributed by atoms with van der Waals surface area (Å²) in [6.07, 6.45) is 4.08. The second-order valence-corrected chi connectivity index (χ2v) is 11.1. The van der Waals surface area contributed by atoms with E-state index < -0.39 is 0 Å². The number of aromatic nitrogens is 2. The summed E-state index contributed by atoms with van der Waals surface area (Å²) in [4.78, 5) is 38.2. The van der Waals surface area contributed by atoms with E-state index in [4.69, 9.17) is 21.9 Å². The summed E-state index contributed by atoms with van der Waals surface area (Å²) in [7, 11) is 0. The highest BCUT2D eigenvalue weighted by molar-refractivity contribution is 8.26. The molecule has 2 saturated heterocycles. The van der Waals surface area contributed by atoms with Gasteiger partial charge in [-0.2, -0.15) is 0 Å². The van der Waals surface area contributed by atoms with E-state index in [0.717, 1.165) is 11.3 Å². The quantitative estimate of drug-likeness (QED) is 0.229. The maximum absolute atomic E-state index is 13.8. The molecule has 0 saturated carbocycles. The molecule has 0 bridgehead atoms. The number of nitrogens with zero attached hydrogens (tertiary/aromatic N) is 5. The number of amides is 1. The van der Waals surface area contributed by atoms with Crippen LogP contribution < -0.4 is 15.4 Å². The number of carbonyl (C=O) groups is 1. The lowest BCUT2D eigenvalue weighted by atomic mass is 10.2. The van der Waals surface area contributed by atoms with Crippen molar-refractivity contribution in [3.8, 4) is 0 Å². The van der Waals surface area contributed by atoms with Crippen LogP contribution in [-0.4, -0.2) is 70.4 Å². The van der Waals surface area contributed by atoms with Gasteiger partial charge in [-0.25, -0.2) is 9.37 Å². The molecule has 0 N–H and O–H groups in total. The SMILES string of the molecule is CCOCCCN1C(=O)/C(=C\c2c(N3CCN(c4ccc(F)cc4)CC3)nc3ccc(C)cn3c2=O)SC1=S. The molecule has 1 aromatic carbocycles. The van der Waals surface area contributed by atoms with E-state index in [1.54, 1.807) is 29.3 Å². The molecule has 2 aliphatic rings. The second-order valence-electron chi connectivity index (χ2n) is 9.42. The number of aryl methyl sites for hydroxylation is 1. The standard InChI is InChI=1S/C28H30FN5O3S2/c1-3-37-16-4-11-33-27(36)23(39-28(33)38)17-22-25(30-24-10-5-19(2)18-34(24)26(22)35)32-14-12-31(13-15-32)21-8-6-20(29)7-9-21/h5-10,17-18H,3-4,11-16H2,1-2H3/b23-17+. The van der Waals surface area contributed by atoms with Crippen LogP contribution in [0.1, 0.15) is 24.5 Å². The van der Waals surface area contributed by atoms with Crippen LogP contribution >= 0.6 is 24.0 Å². The van der Waals surface area contributed by atoms with Gasteiger partial charge >= 0.3 is 0 Å². The Labute approximate surface area is 236 Å². The van der Waals surface area contributed by atoms with Gasteiger partial charge in [0.05, 0.1) is 10.5 Å². The smallest absolute Gasteiger partial charge is 0.267 e. The first kappa shape index (κ1) is 27.3. The topological polar surface area (TPSA) is 70.4 Å². The van der Waals surface area contributed by atoms with Gasteiger partial charge in [-0.3, -0.25) is 18.9 Å². The maximum Gasteiger partial charge on any atom is 0.267 e. The number of pyridine rings is 1. The first-order valence-corrected chi connectivity index (χ1v) is 14.2. The zero-order chi connectivity index (χ0) is 27.5. The number of hydrogen-bond acceptors (Lipinski definition) is 8. The van der Waals surface area contributed by atoms with E-state index in [9.17, 15) is 14.0 Å². The third-order valence-corrected chi connectivity index (χ3v) is 8.16. The van der Waals surface area contributed by atoms with Crippen LogP contribution in [0, 0.1) is 12.7 Å². The number of carbonyl (C=O) groups excluding carboxylic acids is 1. The van der Waals surface area contributed by atoms with Crippen LogP contribution in [0.5, 0.6) is 0 Å². The molecule has 0 aliphatic carbocycles. The largest absolute Gasteiger partial charge is 0.382 e. The lowest BCUT2D eigenvalue weighted by molar-refractivity contribution is -0.122. The molecule has 0 unspecified atom stereocenters. The highest BCUT2D eigenvalue weighted by Gasteiger charge is 2.33. The number of thioether (sulfide) groups is 1. The summed E-state index contributed by atoms with van der Waals surface area (Å²) in [5, 5.41) is 0. The molecule has 3 aromatic rings. The molecule has 4 heterocycles. The van der Waals surface area contributed by atoms with E-state index in [1.807, 2.05) is 26.0 Å². The minimum atomic E-state index is -0.266. The Morgan fingerprint density at radius 3 is 2.51 bits per heavy atom. The number of rotatable bonds is 8. The van der Waals surface area contributed by atoms with Crippen molar-refractivity contribution in [3.63, 3.8) is 0 Å². The van der Waals surface area contributed by atoms with Gasteiger partial charge in [0.25, 0.3) is 11.5 Å². The van der Waals surface area contributed by atoms with Crippen LogP contribution in [0.15, 0.2) is 52.3 Å². The van der Waals surface area contributed by atoms with Crippen molar-refractivity contribution >= 4 is 57.4 Å². The fraction of sp³-hybridized carbons (Fsp3) is 0.357. The minimum absolute atomic E-state index is 0.206. The molecule has 0 atom stereocenters. The molecule has 2 aliphatic heterocycles. The summed E-state index contributed by atoms with van der Waals surface area (Å²) in [5.41, 5.74) is 2.55. The molecule has 204 valence electrons. The third kappa shape index (κ3) is 5.85. The molecule has 0 radical (unpaired) electrons. The first-order valence-electron chi connectivity index (χ1n) is 13.0. The van der Waals surface area contributed by atoms with Crippen LogP contribution in [0.25, 0.3) is 11.7 Å². The fourth-order valence-electron chi connectivity index (χ4n) is 4.74. The summed E-state index contributed by atoms with van der Waals surface area (Å²) in [6.45, 7) is 8.09. The van der Waals surface area contributed by atoms with Gasteiger partial charge in [-0.1, -0.05) is 30.0 Å². The zero-order valence-electron chi connectivity index (χ0n) is 21.9. The Bertz CT molecular complexity index is 1480. The van der Waals surface area contributed by atoms with Gasteiger partial charge in [0.15, 0.2) is 0 Å². The molecule has 39 heavy (non-hydrogen) atoms. The van der Waals surface area contributed by atoms with E-state index in [0.29, 0.717) is 78.6 Å².